The maximum Gasteiger partial charge on any atom is 0.132 e. The molecule has 0 aliphatic heterocycles. The number of benzene rings is 1. The number of nitrogens with zero attached hydrogens (tertiary/aromatic N) is 2. The molecule has 0 bridgehead atoms. The number of aromatic nitrogens is 2. The first-order valence-electron chi connectivity index (χ1n) is 6.26. The van der Waals surface area contributed by atoms with Crippen LogP contribution in [0.3, 0.4) is 0 Å². The van der Waals surface area contributed by atoms with Crippen molar-refractivity contribution in [3.05, 3.63) is 41.8 Å². The fourth-order valence-electron chi connectivity index (χ4n) is 2.33. The maximum atomic E-state index is 14.0. The number of aryl methyl sites for hydroxylation is 1. The van der Waals surface area contributed by atoms with Crippen LogP contribution >= 0.6 is 0 Å². The lowest BCUT2D eigenvalue weighted by Gasteiger charge is -2.13. The molecule has 3 rings (SSSR count). The molecule has 1 aromatic carbocycles. The van der Waals surface area contributed by atoms with Crippen molar-refractivity contribution in [3.63, 3.8) is 0 Å². The number of hydrogen-bond donors (Lipinski definition) is 1. The van der Waals surface area contributed by atoms with Gasteiger partial charge in [0.25, 0.3) is 0 Å². The first-order chi connectivity index (χ1) is 8.65. The lowest BCUT2D eigenvalue weighted by molar-refractivity contribution is 0.620. The van der Waals surface area contributed by atoms with E-state index in [1.54, 1.807) is 18.3 Å². The summed E-state index contributed by atoms with van der Waals surface area (Å²) >= 11 is 0. The van der Waals surface area contributed by atoms with Gasteiger partial charge in [0.1, 0.15) is 5.82 Å². The van der Waals surface area contributed by atoms with Gasteiger partial charge in [-0.25, -0.2) is 4.39 Å². The zero-order chi connectivity index (χ0) is 12.8. The predicted octanol–water partition coefficient (Wildman–Crippen LogP) is 2.66. The van der Waals surface area contributed by atoms with Gasteiger partial charge in [-0.05, 0) is 31.9 Å². The highest BCUT2D eigenvalue weighted by molar-refractivity contribution is 5.66. The summed E-state index contributed by atoms with van der Waals surface area (Å²) in [6.45, 7) is 2.71. The van der Waals surface area contributed by atoms with Gasteiger partial charge in [-0.1, -0.05) is 12.1 Å². The minimum atomic E-state index is -0.301. The van der Waals surface area contributed by atoms with Gasteiger partial charge >= 0.3 is 0 Å². The molecule has 2 N–H and O–H groups in total. The van der Waals surface area contributed by atoms with Gasteiger partial charge in [0, 0.05) is 23.2 Å². The molecular formula is C14H16FN3. The monoisotopic (exact) mass is 245 g/mol. The SMILES string of the molecule is CCn1ncc(C2(N)CC2)c1-c1ccccc1F. The van der Waals surface area contributed by atoms with Crippen LogP contribution in [-0.4, -0.2) is 9.78 Å². The number of rotatable bonds is 3. The van der Waals surface area contributed by atoms with Gasteiger partial charge < -0.3 is 5.73 Å². The summed E-state index contributed by atoms with van der Waals surface area (Å²) in [6.07, 6.45) is 3.69. The number of nitrogens with two attached hydrogens (primary N) is 1. The highest BCUT2D eigenvalue weighted by Crippen LogP contribution is 2.46. The Kier molecular flexibility index (Phi) is 2.48. The highest BCUT2D eigenvalue weighted by Gasteiger charge is 2.43. The number of halogens is 1. The van der Waals surface area contributed by atoms with Gasteiger partial charge in [0.05, 0.1) is 11.9 Å². The molecule has 18 heavy (non-hydrogen) atoms. The Morgan fingerprint density at radius 3 is 2.72 bits per heavy atom. The summed E-state index contributed by atoms with van der Waals surface area (Å²) < 4.78 is 15.8. The van der Waals surface area contributed by atoms with Crippen LogP contribution in [0.4, 0.5) is 4.39 Å². The lowest BCUT2D eigenvalue weighted by Crippen LogP contribution is -2.19. The summed E-state index contributed by atoms with van der Waals surface area (Å²) in [6, 6.07) is 6.79. The van der Waals surface area contributed by atoms with Crippen molar-refractivity contribution < 1.29 is 4.39 Å². The summed E-state index contributed by atoms with van der Waals surface area (Å²) in [4.78, 5) is 0. The first-order valence-corrected chi connectivity index (χ1v) is 6.26. The third-order valence-electron chi connectivity index (χ3n) is 3.59. The highest BCUT2D eigenvalue weighted by atomic mass is 19.1. The van der Waals surface area contributed by atoms with E-state index in [1.165, 1.54) is 6.07 Å². The van der Waals surface area contributed by atoms with E-state index in [2.05, 4.69) is 5.10 Å². The van der Waals surface area contributed by atoms with E-state index in [9.17, 15) is 4.39 Å². The molecule has 4 heteroatoms. The summed E-state index contributed by atoms with van der Waals surface area (Å²) in [5.41, 5.74) is 8.33. The van der Waals surface area contributed by atoms with E-state index in [-0.39, 0.29) is 11.4 Å². The van der Waals surface area contributed by atoms with Gasteiger partial charge in [0.2, 0.25) is 0 Å². The van der Waals surface area contributed by atoms with E-state index in [0.29, 0.717) is 12.1 Å². The molecule has 3 nitrogen and oxygen atoms in total. The van der Waals surface area contributed by atoms with Crippen LogP contribution in [0.15, 0.2) is 30.5 Å². The molecule has 1 aliphatic carbocycles. The molecule has 0 radical (unpaired) electrons. The normalized spacial score (nSPS) is 16.8. The van der Waals surface area contributed by atoms with Crippen molar-refractivity contribution >= 4 is 0 Å². The topological polar surface area (TPSA) is 43.8 Å². The minimum Gasteiger partial charge on any atom is -0.321 e. The Bertz CT molecular complexity index is 584. The molecule has 1 saturated carbocycles. The van der Waals surface area contributed by atoms with Crippen molar-refractivity contribution in [2.24, 2.45) is 5.73 Å². The third kappa shape index (κ3) is 1.64. The molecule has 0 atom stereocenters. The summed E-state index contributed by atoms with van der Waals surface area (Å²) in [5.74, 6) is -0.224. The Labute approximate surface area is 105 Å². The van der Waals surface area contributed by atoms with Crippen LogP contribution in [0.5, 0.6) is 0 Å². The molecule has 1 aliphatic rings. The quantitative estimate of drug-likeness (QED) is 0.903. The van der Waals surface area contributed by atoms with E-state index >= 15 is 0 Å². The van der Waals surface area contributed by atoms with Crippen LogP contribution in [0, 0.1) is 5.82 Å². The predicted molar refractivity (Wildman–Crippen MR) is 68.4 cm³/mol. The largest absolute Gasteiger partial charge is 0.321 e. The molecule has 1 heterocycles. The molecule has 0 unspecified atom stereocenters. The summed E-state index contributed by atoms with van der Waals surface area (Å²) in [5, 5.41) is 4.33. The smallest absolute Gasteiger partial charge is 0.132 e. The Hall–Kier alpha value is -1.68. The number of hydrogen-bond acceptors (Lipinski definition) is 2. The summed E-state index contributed by atoms with van der Waals surface area (Å²) in [7, 11) is 0. The van der Waals surface area contributed by atoms with Crippen molar-refractivity contribution in [1.82, 2.24) is 9.78 Å². The molecule has 0 saturated heterocycles. The van der Waals surface area contributed by atoms with Gasteiger partial charge in [0.15, 0.2) is 0 Å². The first kappa shape index (κ1) is 11.4. The van der Waals surface area contributed by atoms with E-state index in [4.69, 9.17) is 5.73 Å². The Morgan fingerprint density at radius 2 is 2.11 bits per heavy atom. The van der Waals surface area contributed by atoms with Gasteiger partial charge in [-0.15, -0.1) is 0 Å². The molecular weight excluding hydrogens is 229 g/mol. The van der Waals surface area contributed by atoms with Gasteiger partial charge in [-0.3, -0.25) is 4.68 Å². The molecule has 1 aromatic heterocycles. The van der Waals surface area contributed by atoms with Crippen LogP contribution in [0.2, 0.25) is 0 Å². The average molecular weight is 245 g/mol. The van der Waals surface area contributed by atoms with E-state index in [0.717, 1.165) is 24.1 Å². The van der Waals surface area contributed by atoms with E-state index in [1.807, 2.05) is 17.7 Å². The van der Waals surface area contributed by atoms with Crippen molar-refractivity contribution in [3.8, 4) is 11.3 Å². The van der Waals surface area contributed by atoms with Crippen LogP contribution in [0.25, 0.3) is 11.3 Å². The molecule has 94 valence electrons. The second-order valence-electron chi connectivity index (χ2n) is 4.86. The van der Waals surface area contributed by atoms with E-state index < -0.39 is 0 Å². The fourth-order valence-corrected chi connectivity index (χ4v) is 2.33. The second-order valence-corrected chi connectivity index (χ2v) is 4.86. The van der Waals surface area contributed by atoms with Crippen LogP contribution < -0.4 is 5.73 Å². The molecule has 0 spiro atoms. The second kappa shape index (κ2) is 3.92. The Balaban J connectivity index is 2.21. The van der Waals surface area contributed by atoms with Crippen LogP contribution in [0.1, 0.15) is 25.3 Å². The van der Waals surface area contributed by atoms with Crippen LogP contribution in [-0.2, 0) is 12.1 Å². The molecule has 1 fully saturated rings. The van der Waals surface area contributed by atoms with Crippen molar-refractivity contribution in [2.75, 3.05) is 0 Å². The average Bonchev–Trinajstić information content (AvgIpc) is 2.97. The van der Waals surface area contributed by atoms with Gasteiger partial charge in [-0.2, -0.15) is 5.10 Å². The zero-order valence-electron chi connectivity index (χ0n) is 10.4. The fraction of sp³-hybridized carbons (Fsp3) is 0.357. The Morgan fingerprint density at radius 1 is 1.39 bits per heavy atom. The maximum absolute atomic E-state index is 14.0. The standard InChI is InChI=1S/C14H16FN3/c1-2-18-13(10-5-3-4-6-12(10)15)11(9-17-18)14(16)7-8-14/h3-6,9H,2,7-8,16H2,1H3. The van der Waals surface area contributed by atoms with Crippen molar-refractivity contribution in [2.45, 2.75) is 31.8 Å². The zero-order valence-corrected chi connectivity index (χ0v) is 10.4. The van der Waals surface area contributed by atoms with Crippen molar-refractivity contribution in [1.29, 1.82) is 0 Å². The molecule has 2 aromatic rings. The minimum absolute atomic E-state index is 0.224. The lowest BCUT2D eigenvalue weighted by atomic mass is 10.0. The molecule has 0 amide bonds. The third-order valence-corrected chi connectivity index (χ3v) is 3.59.